The van der Waals surface area contributed by atoms with Crippen molar-refractivity contribution in [1.82, 2.24) is 15.0 Å². The molecule has 0 bridgehead atoms. The maximum atomic E-state index is 12.9. The normalized spacial score (nSPS) is 16.5. The summed E-state index contributed by atoms with van der Waals surface area (Å²) in [5.74, 6) is 0.682. The Balaban J connectivity index is 1.50. The first kappa shape index (κ1) is 20.7. The van der Waals surface area contributed by atoms with Gasteiger partial charge in [0, 0.05) is 35.3 Å². The molecule has 1 unspecified atom stereocenters. The zero-order valence-corrected chi connectivity index (χ0v) is 17.2. The lowest BCUT2D eigenvalue weighted by Gasteiger charge is -2.32. The van der Waals surface area contributed by atoms with E-state index in [1.54, 1.807) is 35.2 Å². The first-order valence-electron chi connectivity index (χ1n) is 9.84. The number of carbonyl (C=O) groups excluding carboxylic acids is 1. The second-order valence-electron chi connectivity index (χ2n) is 7.19. The second-order valence-corrected chi connectivity index (χ2v) is 7.62. The third-order valence-electron chi connectivity index (χ3n) is 5.14. The summed E-state index contributed by atoms with van der Waals surface area (Å²) in [6, 6.07) is 12.9. The molecule has 1 aliphatic heterocycles. The topological polar surface area (TPSA) is 102 Å². The van der Waals surface area contributed by atoms with Gasteiger partial charge in [0.15, 0.2) is 0 Å². The number of nitrogens with zero attached hydrogens (tertiary/aromatic N) is 4. The summed E-state index contributed by atoms with van der Waals surface area (Å²) in [5, 5.41) is 15.4. The highest BCUT2D eigenvalue weighted by molar-refractivity contribution is 6.30. The van der Waals surface area contributed by atoms with Gasteiger partial charge < -0.3 is 9.42 Å². The molecule has 0 spiro atoms. The van der Waals surface area contributed by atoms with Crippen LogP contribution in [0.15, 0.2) is 59.1 Å². The van der Waals surface area contributed by atoms with Gasteiger partial charge in [0.2, 0.25) is 17.6 Å². The van der Waals surface area contributed by atoms with E-state index in [9.17, 15) is 14.9 Å². The lowest BCUT2D eigenvalue weighted by molar-refractivity contribution is -0.384. The highest BCUT2D eigenvalue weighted by Crippen LogP contribution is 2.31. The number of nitro groups is 1. The van der Waals surface area contributed by atoms with Crippen molar-refractivity contribution in [3.8, 4) is 11.4 Å². The SMILES string of the molecule is O=C(/C=C/c1ccc([N+](=O)[O-])cc1)N1CCCCC1c1nc(-c2ccc(Cl)cc2)no1. The Hall–Kier alpha value is -3.52. The van der Waals surface area contributed by atoms with E-state index in [1.807, 2.05) is 12.1 Å². The van der Waals surface area contributed by atoms with Gasteiger partial charge in [0.05, 0.1) is 4.92 Å². The number of halogens is 1. The van der Waals surface area contributed by atoms with Crippen LogP contribution in [0.5, 0.6) is 0 Å². The fourth-order valence-electron chi connectivity index (χ4n) is 3.51. The monoisotopic (exact) mass is 438 g/mol. The molecule has 31 heavy (non-hydrogen) atoms. The zero-order chi connectivity index (χ0) is 21.8. The van der Waals surface area contributed by atoms with Crippen LogP contribution in [-0.4, -0.2) is 32.4 Å². The van der Waals surface area contributed by atoms with Gasteiger partial charge in [0.25, 0.3) is 5.69 Å². The minimum Gasteiger partial charge on any atom is -0.337 e. The third kappa shape index (κ3) is 4.80. The number of non-ortho nitro benzene ring substituents is 1. The van der Waals surface area contributed by atoms with E-state index in [1.165, 1.54) is 18.2 Å². The molecule has 1 saturated heterocycles. The average molecular weight is 439 g/mol. The molecule has 1 aromatic heterocycles. The number of aromatic nitrogens is 2. The fourth-order valence-corrected chi connectivity index (χ4v) is 3.64. The summed E-state index contributed by atoms with van der Waals surface area (Å²) in [6.45, 7) is 0.590. The molecule has 0 radical (unpaired) electrons. The molecular weight excluding hydrogens is 420 g/mol. The summed E-state index contributed by atoms with van der Waals surface area (Å²) in [5.41, 5.74) is 1.49. The number of hydrogen-bond acceptors (Lipinski definition) is 6. The number of amides is 1. The Morgan fingerprint density at radius 2 is 1.90 bits per heavy atom. The predicted molar refractivity (Wildman–Crippen MR) is 115 cm³/mol. The van der Waals surface area contributed by atoms with E-state index in [0.717, 1.165) is 24.8 Å². The molecule has 158 valence electrons. The number of carbonyl (C=O) groups is 1. The van der Waals surface area contributed by atoms with Crippen LogP contribution in [0.4, 0.5) is 5.69 Å². The van der Waals surface area contributed by atoms with Gasteiger partial charge in [-0.05, 0) is 67.3 Å². The van der Waals surface area contributed by atoms with Crippen LogP contribution >= 0.6 is 11.6 Å². The number of likely N-dealkylation sites (tertiary alicyclic amines) is 1. The van der Waals surface area contributed by atoms with Crippen molar-refractivity contribution in [2.45, 2.75) is 25.3 Å². The molecule has 1 atom stereocenters. The summed E-state index contributed by atoms with van der Waals surface area (Å²) in [6.07, 6.45) is 5.70. The number of benzene rings is 2. The van der Waals surface area contributed by atoms with Crippen molar-refractivity contribution in [3.63, 3.8) is 0 Å². The van der Waals surface area contributed by atoms with Gasteiger partial charge in [-0.3, -0.25) is 14.9 Å². The van der Waals surface area contributed by atoms with E-state index >= 15 is 0 Å². The Bertz CT molecular complexity index is 1110. The minimum atomic E-state index is -0.459. The van der Waals surface area contributed by atoms with Crippen molar-refractivity contribution in [2.24, 2.45) is 0 Å². The molecule has 1 fully saturated rings. The number of nitro benzene ring substituents is 1. The number of hydrogen-bond donors (Lipinski definition) is 0. The van der Waals surface area contributed by atoms with Crippen LogP contribution in [0.1, 0.15) is 36.8 Å². The molecule has 1 aliphatic rings. The van der Waals surface area contributed by atoms with E-state index < -0.39 is 4.92 Å². The highest BCUT2D eigenvalue weighted by atomic mass is 35.5. The van der Waals surface area contributed by atoms with Crippen LogP contribution in [-0.2, 0) is 4.79 Å². The first-order valence-corrected chi connectivity index (χ1v) is 10.2. The summed E-state index contributed by atoms with van der Waals surface area (Å²) >= 11 is 5.93. The maximum absolute atomic E-state index is 12.9. The number of piperidine rings is 1. The van der Waals surface area contributed by atoms with Crippen molar-refractivity contribution in [2.75, 3.05) is 6.54 Å². The van der Waals surface area contributed by atoms with Gasteiger partial charge in [-0.15, -0.1) is 0 Å². The van der Waals surface area contributed by atoms with Gasteiger partial charge in [0.1, 0.15) is 6.04 Å². The van der Waals surface area contributed by atoms with Crippen molar-refractivity contribution < 1.29 is 14.2 Å². The minimum absolute atomic E-state index is 0.00690. The van der Waals surface area contributed by atoms with E-state index in [2.05, 4.69) is 10.1 Å². The van der Waals surface area contributed by atoms with E-state index in [-0.39, 0.29) is 17.6 Å². The van der Waals surface area contributed by atoms with Crippen LogP contribution in [0.2, 0.25) is 5.02 Å². The Labute approximate surface area is 183 Å². The molecule has 1 amide bonds. The average Bonchev–Trinajstić information content (AvgIpc) is 3.28. The van der Waals surface area contributed by atoms with Crippen LogP contribution in [0, 0.1) is 10.1 Å². The highest BCUT2D eigenvalue weighted by Gasteiger charge is 2.31. The standard InChI is InChI=1S/C22H19ClN4O4/c23-17-9-7-16(8-10-17)21-24-22(31-25-21)19-3-1-2-14-26(19)20(28)13-6-15-4-11-18(12-5-15)27(29)30/h4-13,19H,1-3,14H2/b13-6+. The van der Waals surface area contributed by atoms with Gasteiger partial charge in [-0.1, -0.05) is 16.8 Å². The first-order chi connectivity index (χ1) is 15.0. The van der Waals surface area contributed by atoms with Crippen LogP contribution < -0.4 is 0 Å². The van der Waals surface area contributed by atoms with Gasteiger partial charge in [-0.2, -0.15) is 4.98 Å². The third-order valence-corrected chi connectivity index (χ3v) is 5.39. The second kappa shape index (κ2) is 9.09. The Kier molecular flexibility index (Phi) is 6.08. The number of rotatable bonds is 5. The molecule has 2 aromatic carbocycles. The zero-order valence-electron chi connectivity index (χ0n) is 16.5. The Morgan fingerprint density at radius 1 is 1.16 bits per heavy atom. The summed E-state index contributed by atoms with van der Waals surface area (Å²) in [7, 11) is 0. The molecule has 9 heteroatoms. The largest absolute Gasteiger partial charge is 0.337 e. The summed E-state index contributed by atoms with van der Waals surface area (Å²) in [4.78, 5) is 29.4. The van der Waals surface area contributed by atoms with Crippen LogP contribution in [0.3, 0.4) is 0 Å². The lowest BCUT2D eigenvalue weighted by atomic mass is 10.0. The molecule has 8 nitrogen and oxygen atoms in total. The summed E-state index contributed by atoms with van der Waals surface area (Å²) < 4.78 is 5.49. The van der Waals surface area contributed by atoms with E-state index in [4.69, 9.17) is 16.1 Å². The molecule has 4 rings (SSSR count). The lowest BCUT2D eigenvalue weighted by Crippen LogP contribution is -2.37. The van der Waals surface area contributed by atoms with Gasteiger partial charge >= 0.3 is 0 Å². The van der Waals surface area contributed by atoms with Crippen molar-refractivity contribution in [1.29, 1.82) is 0 Å². The molecule has 0 aliphatic carbocycles. The predicted octanol–water partition coefficient (Wildman–Crippen LogP) is 5.07. The maximum Gasteiger partial charge on any atom is 0.269 e. The van der Waals surface area contributed by atoms with E-state index in [0.29, 0.717) is 28.8 Å². The van der Waals surface area contributed by atoms with Gasteiger partial charge in [-0.25, -0.2) is 0 Å². The quantitative estimate of drug-likeness (QED) is 0.313. The molecular formula is C22H19ClN4O4. The van der Waals surface area contributed by atoms with Crippen LogP contribution in [0.25, 0.3) is 17.5 Å². The smallest absolute Gasteiger partial charge is 0.269 e. The molecule has 0 N–H and O–H groups in total. The molecule has 2 heterocycles. The van der Waals surface area contributed by atoms with Crippen molar-refractivity contribution in [3.05, 3.63) is 81.2 Å². The molecule has 3 aromatic rings. The fraction of sp³-hybridized carbons (Fsp3) is 0.227. The molecule has 0 saturated carbocycles. The Morgan fingerprint density at radius 3 is 2.61 bits per heavy atom. The van der Waals surface area contributed by atoms with Crippen molar-refractivity contribution >= 4 is 29.3 Å².